The zero-order valence-corrected chi connectivity index (χ0v) is 12.7. The second-order valence-corrected chi connectivity index (χ2v) is 5.78. The van der Waals surface area contributed by atoms with Crippen molar-refractivity contribution in [1.82, 2.24) is 4.57 Å². The summed E-state index contributed by atoms with van der Waals surface area (Å²) in [6.07, 6.45) is -5.04. The van der Waals surface area contributed by atoms with Crippen molar-refractivity contribution in [3.05, 3.63) is 53.1 Å². The van der Waals surface area contributed by atoms with E-state index >= 15 is 0 Å². The summed E-state index contributed by atoms with van der Waals surface area (Å²) in [5.74, 6) is -4.89. The summed E-state index contributed by atoms with van der Waals surface area (Å²) >= 11 is 0. The van der Waals surface area contributed by atoms with Gasteiger partial charge in [-0.2, -0.15) is 13.2 Å². The first-order valence-electron chi connectivity index (χ1n) is 7.32. The van der Waals surface area contributed by atoms with E-state index in [-0.39, 0.29) is 18.4 Å². The first-order chi connectivity index (χ1) is 11.2. The van der Waals surface area contributed by atoms with E-state index in [0.29, 0.717) is 17.1 Å². The highest BCUT2D eigenvalue weighted by Gasteiger charge is 2.48. The fourth-order valence-electron chi connectivity index (χ4n) is 3.15. The second-order valence-electron chi connectivity index (χ2n) is 5.78. The number of nitrogens with zero attached hydrogens (tertiary/aromatic N) is 1. The molecule has 1 atom stereocenters. The molecule has 1 aromatic carbocycles. The van der Waals surface area contributed by atoms with Gasteiger partial charge in [0.15, 0.2) is 5.78 Å². The molecule has 3 nitrogen and oxygen atoms in total. The molecule has 0 unspecified atom stereocenters. The van der Waals surface area contributed by atoms with Crippen molar-refractivity contribution in [3.63, 3.8) is 0 Å². The summed E-state index contributed by atoms with van der Waals surface area (Å²) in [5.41, 5.74) is 1.93. The SMILES string of the molecule is Cc1cc2c(n1-c1ccc(F)cc1)CC[C@H](C(=O)C(F)(F)F)C2=O. The second kappa shape index (κ2) is 5.58. The highest BCUT2D eigenvalue weighted by Crippen LogP contribution is 2.34. The average molecular weight is 339 g/mol. The van der Waals surface area contributed by atoms with Crippen LogP contribution in [0.25, 0.3) is 5.69 Å². The first-order valence-corrected chi connectivity index (χ1v) is 7.32. The minimum atomic E-state index is -5.02. The molecule has 1 heterocycles. The summed E-state index contributed by atoms with van der Waals surface area (Å²) in [4.78, 5) is 23.8. The Morgan fingerprint density at radius 3 is 2.42 bits per heavy atom. The number of Topliss-reactive ketones (excluding diaryl/α,β-unsaturated/α-hetero) is 2. The Bertz CT molecular complexity index is 818. The number of hydrogen-bond donors (Lipinski definition) is 0. The van der Waals surface area contributed by atoms with E-state index in [4.69, 9.17) is 0 Å². The molecule has 1 aliphatic carbocycles. The van der Waals surface area contributed by atoms with Crippen molar-refractivity contribution in [1.29, 1.82) is 0 Å². The molecule has 2 aromatic rings. The number of rotatable bonds is 2. The van der Waals surface area contributed by atoms with Gasteiger partial charge >= 0.3 is 6.18 Å². The summed E-state index contributed by atoms with van der Waals surface area (Å²) in [5, 5.41) is 0. The zero-order valence-electron chi connectivity index (χ0n) is 12.7. The van der Waals surface area contributed by atoms with Crippen LogP contribution in [-0.4, -0.2) is 22.3 Å². The molecule has 3 rings (SSSR count). The van der Waals surface area contributed by atoms with Gasteiger partial charge in [-0.15, -0.1) is 0 Å². The Balaban J connectivity index is 2.03. The zero-order chi connectivity index (χ0) is 17.6. The number of halogens is 4. The molecule has 0 saturated carbocycles. The molecule has 126 valence electrons. The maximum atomic E-state index is 13.1. The van der Waals surface area contributed by atoms with E-state index in [0.717, 1.165) is 0 Å². The monoisotopic (exact) mass is 339 g/mol. The molecule has 0 amide bonds. The summed E-state index contributed by atoms with van der Waals surface area (Å²) < 4.78 is 52.7. The van der Waals surface area contributed by atoms with Crippen molar-refractivity contribution in [2.75, 3.05) is 0 Å². The number of aromatic nitrogens is 1. The van der Waals surface area contributed by atoms with E-state index < -0.39 is 29.5 Å². The Morgan fingerprint density at radius 1 is 1.21 bits per heavy atom. The van der Waals surface area contributed by atoms with Crippen LogP contribution in [0, 0.1) is 18.7 Å². The molecular formula is C17H13F4NO2. The van der Waals surface area contributed by atoms with Gasteiger partial charge in [-0.25, -0.2) is 4.39 Å². The van der Waals surface area contributed by atoms with E-state index in [1.165, 1.54) is 30.3 Å². The molecule has 7 heteroatoms. The van der Waals surface area contributed by atoms with Crippen LogP contribution in [0.15, 0.2) is 30.3 Å². The van der Waals surface area contributed by atoms with Crippen molar-refractivity contribution in [2.45, 2.75) is 25.9 Å². The fourth-order valence-corrected chi connectivity index (χ4v) is 3.15. The van der Waals surface area contributed by atoms with Crippen LogP contribution in [0.4, 0.5) is 17.6 Å². The Labute approximate surface area is 134 Å². The van der Waals surface area contributed by atoms with Crippen molar-refractivity contribution in [3.8, 4) is 5.69 Å². The van der Waals surface area contributed by atoms with Crippen LogP contribution >= 0.6 is 0 Å². The standard InChI is InChI=1S/C17H13F4NO2/c1-9-8-13-14(22(9)11-4-2-10(18)3-5-11)7-6-12(15(13)23)16(24)17(19,20)21/h2-5,8,12H,6-7H2,1H3/t12-/m0/s1. The Kier molecular flexibility index (Phi) is 3.81. The van der Waals surface area contributed by atoms with Crippen molar-refractivity contribution in [2.24, 2.45) is 5.92 Å². The predicted octanol–water partition coefficient (Wildman–Crippen LogP) is 3.80. The van der Waals surface area contributed by atoms with Crippen LogP contribution in [0.1, 0.15) is 28.2 Å². The third kappa shape index (κ3) is 2.64. The molecule has 0 radical (unpaired) electrons. The third-order valence-electron chi connectivity index (χ3n) is 4.22. The molecule has 0 saturated heterocycles. The fraction of sp³-hybridized carbons (Fsp3) is 0.294. The van der Waals surface area contributed by atoms with E-state index in [2.05, 4.69) is 0 Å². The molecule has 1 aromatic heterocycles. The van der Waals surface area contributed by atoms with Crippen LogP contribution in [0.5, 0.6) is 0 Å². The lowest BCUT2D eigenvalue weighted by Crippen LogP contribution is -2.38. The maximum Gasteiger partial charge on any atom is 0.450 e. The van der Waals surface area contributed by atoms with E-state index in [1.807, 2.05) is 0 Å². The van der Waals surface area contributed by atoms with Gasteiger partial charge in [-0.3, -0.25) is 9.59 Å². The number of benzene rings is 1. The molecule has 0 aliphatic heterocycles. The number of carbonyl (C=O) groups excluding carboxylic acids is 2. The van der Waals surface area contributed by atoms with Gasteiger partial charge in [0.25, 0.3) is 0 Å². The minimum Gasteiger partial charge on any atom is -0.317 e. The largest absolute Gasteiger partial charge is 0.450 e. The van der Waals surface area contributed by atoms with Crippen LogP contribution in [0.2, 0.25) is 0 Å². The van der Waals surface area contributed by atoms with Gasteiger partial charge in [-0.1, -0.05) is 0 Å². The minimum absolute atomic E-state index is 0.130. The smallest absolute Gasteiger partial charge is 0.317 e. The van der Waals surface area contributed by atoms with E-state index in [9.17, 15) is 27.2 Å². The van der Waals surface area contributed by atoms with Gasteiger partial charge in [0.05, 0.1) is 5.92 Å². The summed E-state index contributed by atoms with van der Waals surface area (Å²) in [7, 11) is 0. The maximum absolute atomic E-state index is 13.1. The number of ketones is 2. The lowest BCUT2D eigenvalue weighted by molar-refractivity contribution is -0.174. The highest BCUT2D eigenvalue weighted by molar-refractivity contribution is 6.13. The lowest BCUT2D eigenvalue weighted by Gasteiger charge is -2.22. The topological polar surface area (TPSA) is 39.1 Å². The van der Waals surface area contributed by atoms with E-state index in [1.54, 1.807) is 11.5 Å². The number of alkyl halides is 3. The molecule has 1 aliphatic rings. The molecule has 0 N–H and O–H groups in total. The average Bonchev–Trinajstić information content (AvgIpc) is 2.84. The molecule has 0 fully saturated rings. The van der Waals surface area contributed by atoms with Gasteiger partial charge in [-0.05, 0) is 50.1 Å². The number of fused-ring (bicyclic) bond motifs is 1. The molecule has 0 spiro atoms. The summed E-state index contributed by atoms with van der Waals surface area (Å²) in [6, 6.07) is 7.07. The third-order valence-corrected chi connectivity index (χ3v) is 4.22. The molecular weight excluding hydrogens is 326 g/mol. The first kappa shape index (κ1) is 16.4. The van der Waals surface area contributed by atoms with Crippen LogP contribution in [-0.2, 0) is 11.2 Å². The van der Waals surface area contributed by atoms with Crippen molar-refractivity contribution < 1.29 is 27.2 Å². The van der Waals surface area contributed by atoms with Gasteiger partial charge in [0, 0.05) is 22.6 Å². The number of aryl methyl sites for hydroxylation is 1. The molecule has 24 heavy (non-hydrogen) atoms. The van der Waals surface area contributed by atoms with Gasteiger partial charge in [0.1, 0.15) is 5.82 Å². The lowest BCUT2D eigenvalue weighted by atomic mass is 9.83. The highest BCUT2D eigenvalue weighted by atomic mass is 19.4. The Hall–Kier alpha value is -2.44. The normalized spacial score (nSPS) is 17.7. The van der Waals surface area contributed by atoms with Gasteiger partial charge < -0.3 is 4.57 Å². The predicted molar refractivity (Wildman–Crippen MR) is 77.7 cm³/mol. The summed E-state index contributed by atoms with van der Waals surface area (Å²) in [6.45, 7) is 1.70. The number of carbonyl (C=O) groups is 2. The number of hydrogen-bond acceptors (Lipinski definition) is 2. The Morgan fingerprint density at radius 2 is 1.83 bits per heavy atom. The van der Waals surface area contributed by atoms with Crippen LogP contribution < -0.4 is 0 Å². The van der Waals surface area contributed by atoms with Crippen LogP contribution in [0.3, 0.4) is 0 Å². The van der Waals surface area contributed by atoms with Crippen molar-refractivity contribution >= 4 is 11.6 Å². The molecule has 0 bridgehead atoms. The quantitative estimate of drug-likeness (QED) is 0.617. The van der Waals surface area contributed by atoms with Gasteiger partial charge in [0.2, 0.25) is 5.78 Å².